The van der Waals surface area contributed by atoms with Gasteiger partial charge in [0.25, 0.3) is 0 Å². The molecule has 186 valence electrons. The Balaban J connectivity index is 1.45. The molecule has 2 unspecified atom stereocenters. The molecule has 0 radical (unpaired) electrons. The molecule has 2 aliphatic rings. The van der Waals surface area contributed by atoms with Gasteiger partial charge in [-0.3, -0.25) is 0 Å². The maximum Gasteiger partial charge on any atom is 0.184 e. The van der Waals surface area contributed by atoms with Gasteiger partial charge in [-0.15, -0.1) is 0 Å². The summed E-state index contributed by atoms with van der Waals surface area (Å²) in [5, 5.41) is 4.02. The van der Waals surface area contributed by atoms with E-state index in [2.05, 4.69) is 10.0 Å². The summed E-state index contributed by atoms with van der Waals surface area (Å²) in [4.78, 5) is 3.07. The molecule has 0 N–H and O–H groups in total. The highest BCUT2D eigenvalue weighted by Gasteiger charge is 2.56. The lowest BCUT2D eigenvalue weighted by Gasteiger charge is -2.52. The second kappa shape index (κ2) is 11.2. The van der Waals surface area contributed by atoms with Gasteiger partial charge in [0.1, 0.15) is 24.4 Å². The molecular formula is C28H29N3O5. The van der Waals surface area contributed by atoms with E-state index in [1.54, 1.807) is 6.92 Å². The molecule has 0 amide bonds. The zero-order chi connectivity index (χ0) is 24.8. The SMILES string of the molecule is CC1(N=[N+]=[N-])O[C@@H]2COC(c3ccccc3)O[C@@H]2[C@H](OCc2ccccc2)[C@H]1OCc1ccccc1. The minimum absolute atomic E-state index is 0.261. The molecule has 3 aromatic rings. The van der Waals surface area contributed by atoms with E-state index in [9.17, 15) is 5.53 Å². The smallest absolute Gasteiger partial charge is 0.184 e. The summed E-state index contributed by atoms with van der Waals surface area (Å²) in [5.41, 5.74) is 11.0. The summed E-state index contributed by atoms with van der Waals surface area (Å²) in [6.45, 7) is 2.62. The standard InChI is InChI=1S/C28H29N3O5/c1-28(30-31-29)26(33-18-21-13-7-3-8-14-21)25(32-17-20-11-5-2-6-12-20)24-23(36-28)19-34-27(35-24)22-15-9-4-10-16-22/h2-16,23-27H,17-19H2,1H3/t23-,24+,25+,26-,27?,28?/m1/s1. The second-order valence-corrected chi connectivity index (χ2v) is 9.06. The van der Waals surface area contributed by atoms with Gasteiger partial charge in [0, 0.05) is 10.5 Å². The molecule has 5 rings (SSSR count). The lowest BCUT2D eigenvalue weighted by Crippen LogP contribution is -2.66. The van der Waals surface area contributed by atoms with E-state index in [-0.39, 0.29) is 6.61 Å². The highest BCUT2D eigenvalue weighted by atomic mass is 16.7. The molecular weight excluding hydrogens is 458 g/mol. The first kappa shape index (κ1) is 24.5. The van der Waals surface area contributed by atoms with Crippen molar-refractivity contribution in [1.82, 2.24) is 0 Å². The van der Waals surface area contributed by atoms with Crippen LogP contribution < -0.4 is 0 Å². The van der Waals surface area contributed by atoms with Crippen LogP contribution in [0.5, 0.6) is 0 Å². The Morgan fingerprint density at radius 2 is 1.47 bits per heavy atom. The van der Waals surface area contributed by atoms with Crippen molar-refractivity contribution in [2.24, 2.45) is 5.11 Å². The fourth-order valence-corrected chi connectivity index (χ4v) is 4.70. The lowest BCUT2D eigenvalue weighted by atomic mass is 9.90. The highest BCUT2D eigenvalue weighted by Crippen LogP contribution is 2.41. The van der Waals surface area contributed by atoms with E-state index in [4.69, 9.17) is 23.7 Å². The van der Waals surface area contributed by atoms with Gasteiger partial charge in [-0.1, -0.05) is 96.1 Å². The number of fused-ring (bicyclic) bond motifs is 1. The van der Waals surface area contributed by atoms with Crippen LogP contribution in [0.15, 0.2) is 96.1 Å². The van der Waals surface area contributed by atoms with Gasteiger partial charge in [0.2, 0.25) is 0 Å². The number of ether oxygens (including phenoxy) is 5. The average molecular weight is 488 g/mol. The van der Waals surface area contributed by atoms with Crippen molar-refractivity contribution in [3.8, 4) is 0 Å². The first-order chi connectivity index (χ1) is 17.7. The van der Waals surface area contributed by atoms with Crippen molar-refractivity contribution in [3.05, 3.63) is 118 Å². The molecule has 6 atom stereocenters. The number of benzene rings is 3. The van der Waals surface area contributed by atoms with E-state index in [0.29, 0.717) is 13.2 Å². The number of hydrogen-bond acceptors (Lipinski definition) is 6. The molecule has 2 aliphatic heterocycles. The van der Waals surface area contributed by atoms with Crippen molar-refractivity contribution in [2.75, 3.05) is 6.61 Å². The van der Waals surface area contributed by atoms with Crippen LogP contribution in [0.2, 0.25) is 0 Å². The third-order valence-electron chi connectivity index (χ3n) is 6.47. The summed E-state index contributed by atoms with van der Waals surface area (Å²) in [7, 11) is 0. The van der Waals surface area contributed by atoms with Crippen molar-refractivity contribution in [3.63, 3.8) is 0 Å². The number of rotatable bonds is 8. The van der Waals surface area contributed by atoms with Gasteiger partial charge in [0.15, 0.2) is 12.0 Å². The Bertz CT molecular complexity index is 1160. The van der Waals surface area contributed by atoms with Gasteiger partial charge >= 0.3 is 0 Å². The van der Waals surface area contributed by atoms with E-state index < -0.39 is 36.4 Å². The Labute approximate surface area is 210 Å². The first-order valence-electron chi connectivity index (χ1n) is 12.0. The molecule has 3 aromatic carbocycles. The highest BCUT2D eigenvalue weighted by molar-refractivity contribution is 5.18. The fourth-order valence-electron chi connectivity index (χ4n) is 4.70. The Morgan fingerprint density at radius 3 is 2.08 bits per heavy atom. The topological polar surface area (TPSA) is 94.9 Å². The van der Waals surface area contributed by atoms with Gasteiger partial charge < -0.3 is 23.7 Å². The maximum atomic E-state index is 9.39. The molecule has 0 spiro atoms. The quantitative estimate of drug-likeness (QED) is 0.231. The number of nitrogens with zero attached hydrogens (tertiary/aromatic N) is 3. The Hall–Kier alpha value is -3.23. The van der Waals surface area contributed by atoms with Gasteiger partial charge in [-0.25, -0.2) is 0 Å². The normalized spacial score (nSPS) is 29.6. The van der Waals surface area contributed by atoms with Crippen LogP contribution in [-0.4, -0.2) is 36.7 Å². The van der Waals surface area contributed by atoms with E-state index in [1.807, 2.05) is 91.0 Å². The minimum atomic E-state index is -1.32. The zero-order valence-electron chi connectivity index (χ0n) is 20.1. The Morgan fingerprint density at radius 1 is 0.889 bits per heavy atom. The average Bonchev–Trinajstić information content (AvgIpc) is 2.92. The van der Waals surface area contributed by atoms with Crippen molar-refractivity contribution in [2.45, 2.75) is 56.6 Å². The molecule has 36 heavy (non-hydrogen) atoms. The summed E-state index contributed by atoms with van der Waals surface area (Å²) in [6, 6.07) is 29.5. The summed E-state index contributed by atoms with van der Waals surface area (Å²) in [6.07, 6.45) is -2.89. The Kier molecular flexibility index (Phi) is 7.63. The summed E-state index contributed by atoms with van der Waals surface area (Å²) < 4.78 is 31.6. The van der Waals surface area contributed by atoms with Gasteiger partial charge in [-0.05, 0) is 23.6 Å². The summed E-state index contributed by atoms with van der Waals surface area (Å²) in [5.74, 6) is 0. The molecule has 0 saturated carbocycles. The molecule has 2 heterocycles. The number of hydrogen-bond donors (Lipinski definition) is 0. The van der Waals surface area contributed by atoms with E-state index in [0.717, 1.165) is 16.7 Å². The van der Waals surface area contributed by atoms with Crippen LogP contribution >= 0.6 is 0 Å². The third-order valence-corrected chi connectivity index (χ3v) is 6.47. The largest absolute Gasteiger partial charge is 0.368 e. The van der Waals surface area contributed by atoms with Crippen molar-refractivity contribution >= 4 is 0 Å². The molecule has 8 nitrogen and oxygen atoms in total. The van der Waals surface area contributed by atoms with Crippen molar-refractivity contribution < 1.29 is 23.7 Å². The summed E-state index contributed by atoms with van der Waals surface area (Å²) >= 11 is 0. The molecule has 8 heteroatoms. The molecule has 2 fully saturated rings. The molecule has 2 saturated heterocycles. The van der Waals surface area contributed by atoms with Crippen molar-refractivity contribution in [1.29, 1.82) is 0 Å². The van der Waals surface area contributed by atoms with Gasteiger partial charge in [0.05, 0.1) is 19.8 Å². The zero-order valence-corrected chi connectivity index (χ0v) is 20.1. The minimum Gasteiger partial charge on any atom is -0.368 e. The molecule has 0 aliphatic carbocycles. The second-order valence-electron chi connectivity index (χ2n) is 9.06. The van der Waals surface area contributed by atoms with Gasteiger partial charge in [-0.2, -0.15) is 0 Å². The van der Waals surface area contributed by atoms with Crippen LogP contribution in [-0.2, 0) is 36.9 Å². The predicted octanol–water partition coefficient (Wildman–Crippen LogP) is 5.70. The predicted molar refractivity (Wildman–Crippen MR) is 132 cm³/mol. The third kappa shape index (κ3) is 5.44. The molecule has 0 bridgehead atoms. The molecule has 0 aromatic heterocycles. The van der Waals surface area contributed by atoms with Crippen LogP contribution in [0.1, 0.15) is 29.9 Å². The van der Waals surface area contributed by atoms with Crippen LogP contribution in [0, 0.1) is 0 Å². The monoisotopic (exact) mass is 487 g/mol. The van der Waals surface area contributed by atoms with E-state index >= 15 is 0 Å². The van der Waals surface area contributed by atoms with E-state index in [1.165, 1.54) is 0 Å². The van der Waals surface area contributed by atoms with Crippen LogP contribution in [0.25, 0.3) is 10.4 Å². The first-order valence-corrected chi connectivity index (χ1v) is 12.0. The lowest BCUT2D eigenvalue weighted by molar-refractivity contribution is -0.357. The van der Waals surface area contributed by atoms with Crippen LogP contribution in [0.3, 0.4) is 0 Å². The maximum absolute atomic E-state index is 9.39. The number of azide groups is 1. The fraction of sp³-hybridized carbons (Fsp3) is 0.357. The van der Waals surface area contributed by atoms with Crippen LogP contribution in [0.4, 0.5) is 0 Å².